The van der Waals surface area contributed by atoms with Crippen LogP contribution in [0.25, 0.3) is 0 Å². The highest BCUT2D eigenvalue weighted by Gasteiger charge is 2.14. The van der Waals surface area contributed by atoms with Gasteiger partial charge in [0.2, 0.25) is 10.0 Å². The monoisotopic (exact) mass is 414 g/mol. The molecule has 1 aromatic carbocycles. The van der Waals surface area contributed by atoms with Crippen LogP contribution < -0.4 is 20.1 Å². The Morgan fingerprint density at radius 3 is 2.70 bits per heavy atom. The fourth-order valence-corrected chi connectivity index (χ4v) is 4.36. The van der Waals surface area contributed by atoms with E-state index in [4.69, 9.17) is 4.74 Å². The van der Waals surface area contributed by atoms with E-state index in [1.807, 2.05) is 6.92 Å². The van der Waals surface area contributed by atoms with Gasteiger partial charge in [0.15, 0.2) is 17.5 Å². The van der Waals surface area contributed by atoms with Crippen molar-refractivity contribution in [3.05, 3.63) is 47.1 Å². The third-order valence-corrected chi connectivity index (χ3v) is 6.58. The Hall–Kier alpha value is -2.17. The first kappa shape index (κ1) is 21.1. The Morgan fingerprint density at radius 1 is 1.33 bits per heavy atom. The molecule has 1 aromatic heterocycles. The van der Waals surface area contributed by atoms with Crippen molar-refractivity contribution in [2.45, 2.75) is 17.2 Å². The molecule has 0 radical (unpaired) electrons. The van der Waals surface area contributed by atoms with Crippen molar-refractivity contribution in [1.82, 2.24) is 15.4 Å². The van der Waals surface area contributed by atoms with Crippen molar-refractivity contribution in [3.63, 3.8) is 0 Å². The van der Waals surface area contributed by atoms with E-state index in [1.54, 1.807) is 36.7 Å². The van der Waals surface area contributed by atoms with Crippen LogP contribution in [0.2, 0.25) is 0 Å². The number of ether oxygens (including phenoxy) is 1. The van der Waals surface area contributed by atoms with E-state index in [0.717, 1.165) is 16.9 Å². The maximum atomic E-state index is 13.8. The molecule has 0 aliphatic heterocycles. The first-order valence-corrected chi connectivity index (χ1v) is 10.6. The van der Waals surface area contributed by atoms with Crippen molar-refractivity contribution in [1.29, 1.82) is 0 Å². The van der Waals surface area contributed by atoms with Crippen LogP contribution in [0.5, 0.6) is 5.75 Å². The van der Waals surface area contributed by atoms with Crippen molar-refractivity contribution in [3.8, 4) is 5.75 Å². The minimum Gasteiger partial charge on any atom is -0.494 e. The summed E-state index contributed by atoms with van der Waals surface area (Å²) in [7, 11) is -0.466. The first-order valence-electron chi connectivity index (χ1n) is 8.21. The molecule has 2 rings (SSSR count). The van der Waals surface area contributed by atoms with Gasteiger partial charge < -0.3 is 15.4 Å². The number of hydrogen-bond acceptors (Lipinski definition) is 5. The molecule has 0 saturated heterocycles. The molecular weight excluding hydrogens is 391 g/mol. The SMILES string of the molecule is CN=C(NCCNS(=O)(=O)c1cccs1)NC(C)c1ccc(OC)c(F)c1. The van der Waals surface area contributed by atoms with Crippen LogP contribution in [0, 0.1) is 5.82 Å². The first-order chi connectivity index (χ1) is 12.9. The van der Waals surface area contributed by atoms with Crippen molar-refractivity contribution in [2.24, 2.45) is 4.99 Å². The highest BCUT2D eigenvalue weighted by atomic mass is 32.2. The fraction of sp³-hybridized carbons (Fsp3) is 0.353. The highest BCUT2D eigenvalue weighted by Crippen LogP contribution is 2.21. The van der Waals surface area contributed by atoms with Crippen molar-refractivity contribution in [2.75, 3.05) is 27.2 Å². The second kappa shape index (κ2) is 9.67. The van der Waals surface area contributed by atoms with Crippen LogP contribution in [-0.4, -0.2) is 41.6 Å². The van der Waals surface area contributed by atoms with E-state index < -0.39 is 15.8 Å². The Balaban J connectivity index is 1.84. The van der Waals surface area contributed by atoms with E-state index >= 15 is 0 Å². The fourth-order valence-electron chi connectivity index (χ4n) is 2.29. The molecule has 2 aromatic rings. The molecule has 0 aliphatic rings. The predicted molar refractivity (Wildman–Crippen MR) is 105 cm³/mol. The number of halogens is 1. The van der Waals surface area contributed by atoms with E-state index in [-0.39, 0.29) is 22.5 Å². The van der Waals surface area contributed by atoms with Gasteiger partial charge in [-0.2, -0.15) is 0 Å². The van der Waals surface area contributed by atoms with Gasteiger partial charge in [-0.3, -0.25) is 4.99 Å². The molecule has 27 heavy (non-hydrogen) atoms. The molecule has 1 heterocycles. The number of benzene rings is 1. The summed E-state index contributed by atoms with van der Waals surface area (Å²) < 4.78 is 45.6. The Kier molecular flexibility index (Phi) is 7.57. The molecule has 10 heteroatoms. The average Bonchev–Trinajstić information content (AvgIpc) is 3.19. The van der Waals surface area contributed by atoms with Gasteiger partial charge >= 0.3 is 0 Å². The molecule has 0 spiro atoms. The predicted octanol–water partition coefficient (Wildman–Crippen LogP) is 2.10. The minimum absolute atomic E-state index is 0.187. The summed E-state index contributed by atoms with van der Waals surface area (Å²) in [4.78, 5) is 4.09. The standard InChI is InChI=1S/C17H23FN4O3S2/c1-12(13-6-7-15(25-3)14(18)11-13)22-17(19-2)20-8-9-21-27(23,24)16-5-4-10-26-16/h4-7,10-12,21H,8-9H2,1-3H3,(H2,19,20,22). The quantitative estimate of drug-likeness (QED) is 0.350. The zero-order valence-electron chi connectivity index (χ0n) is 15.3. The molecule has 0 bridgehead atoms. The maximum absolute atomic E-state index is 13.8. The van der Waals surface area contributed by atoms with Gasteiger partial charge in [-0.05, 0) is 36.1 Å². The number of rotatable bonds is 8. The molecule has 0 amide bonds. The molecule has 0 saturated carbocycles. The summed E-state index contributed by atoms with van der Waals surface area (Å²) in [6.45, 7) is 2.41. The molecular formula is C17H23FN4O3S2. The lowest BCUT2D eigenvalue weighted by molar-refractivity contribution is 0.386. The Morgan fingerprint density at radius 2 is 2.11 bits per heavy atom. The maximum Gasteiger partial charge on any atom is 0.250 e. The van der Waals surface area contributed by atoms with Crippen molar-refractivity contribution >= 4 is 27.3 Å². The largest absolute Gasteiger partial charge is 0.494 e. The zero-order chi connectivity index (χ0) is 19.9. The van der Waals surface area contributed by atoms with Crippen LogP contribution in [0.15, 0.2) is 44.9 Å². The van der Waals surface area contributed by atoms with Crippen LogP contribution in [0.3, 0.4) is 0 Å². The lowest BCUT2D eigenvalue weighted by atomic mass is 10.1. The second-order valence-electron chi connectivity index (χ2n) is 5.59. The van der Waals surface area contributed by atoms with Gasteiger partial charge in [-0.15, -0.1) is 11.3 Å². The normalized spacial score (nSPS) is 13.3. The number of methoxy groups -OCH3 is 1. The summed E-state index contributed by atoms with van der Waals surface area (Å²) in [5.41, 5.74) is 0.731. The summed E-state index contributed by atoms with van der Waals surface area (Å²) in [6, 6.07) is 7.77. The summed E-state index contributed by atoms with van der Waals surface area (Å²) in [5.74, 6) is 0.232. The molecule has 7 nitrogen and oxygen atoms in total. The van der Waals surface area contributed by atoms with E-state index in [2.05, 4.69) is 20.3 Å². The number of aliphatic imine (C=N–C) groups is 1. The molecule has 3 N–H and O–H groups in total. The average molecular weight is 415 g/mol. The van der Waals surface area contributed by atoms with E-state index in [1.165, 1.54) is 13.2 Å². The van der Waals surface area contributed by atoms with Gasteiger partial charge in [0.25, 0.3) is 0 Å². The molecule has 148 valence electrons. The van der Waals surface area contributed by atoms with Crippen LogP contribution in [0.1, 0.15) is 18.5 Å². The number of nitrogens with one attached hydrogen (secondary N) is 3. The highest BCUT2D eigenvalue weighted by molar-refractivity contribution is 7.91. The summed E-state index contributed by atoms with van der Waals surface area (Å²) in [6.07, 6.45) is 0. The number of thiophene rings is 1. The molecule has 0 aliphatic carbocycles. The number of sulfonamides is 1. The molecule has 1 unspecified atom stereocenters. The van der Waals surface area contributed by atoms with Crippen LogP contribution in [-0.2, 0) is 10.0 Å². The Bertz CT molecular complexity index is 870. The van der Waals surface area contributed by atoms with Crippen LogP contribution >= 0.6 is 11.3 Å². The van der Waals surface area contributed by atoms with Gasteiger partial charge in [-0.1, -0.05) is 12.1 Å². The third-order valence-electron chi connectivity index (χ3n) is 3.72. The number of hydrogen-bond donors (Lipinski definition) is 3. The van der Waals surface area contributed by atoms with E-state index in [0.29, 0.717) is 12.5 Å². The van der Waals surface area contributed by atoms with Crippen LogP contribution in [0.4, 0.5) is 4.39 Å². The molecule has 1 atom stereocenters. The van der Waals surface area contributed by atoms with Gasteiger partial charge in [0.05, 0.1) is 13.2 Å². The molecule has 0 fully saturated rings. The minimum atomic E-state index is -3.48. The summed E-state index contributed by atoms with van der Waals surface area (Å²) in [5, 5.41) is 7.86. The number of guanidine groups is 1. The van der Waals surface area contributed by atoms with Gasteiger partial charge in [-0.25, -0.2) is 17.5 Å². The number of nitrogens with zero attached hydrogens (tertiary/aromatic N) is 1. The van der Waals surface area contributed by atoms with Crippen molar-refractivity contribution < 1.29 is 17.5 Å². The third kappa shape index (κ3) is 5.91. The zero-order valence-corrected chi connectivity index (χ0v) is 17.0. The second-order valence-corrected chi connectivity index (χ2v) is 8.53. The Labute approximate surface area is 162 Å². The summed E-state index contributed by atoms with van der Waals surface area (Å²) >= 11 is 1.16. The smallest absolute Gasteiger partial charge is 0.250 e. The lowest BCUT2D eigenvalue weighted by Gasteiger charge is -2.19. The van der Waals surface area contributed by atoms with E-state index in [9.17, 15) is 12.8 Å². The van der Waals surface area contributed by atoms with Gasteiger partial charge in [0.1, 0.15) is 4.21 Å². The topological polar surface area (TPSA) is 91.8 Å². The van der Waals surface area contributed by atoms with Gasteiger partial charge in [0, 0.05) is 20.1 Å². The lowest BCUT2D eigenvalue weighted by Crippen LogP contribution is -2.42.